The number of amides is 2. The van der Waals surface area contributed by atoms with Gasteiger partial charge in [-0.1, -0.05) is 24.9 Å². The summed E-state index contributed by atoms with van der Waals surface area (Å²) in [6, 6.07) is 1.59. The topological polar surface area (TPSA) is 84.2 Å². The Morgan fingerprint density at radius 2 is 2.11 bits per heavy atom. The fourth-order valence-corrected chi connectivity index (χ4v) is 1.42. The van der Waals surface area contributed by atoms with Crippen molar-refractivity contribution in [1.82, 2.24) is 10.5 Å². The van der Waals surface area contributed by atoms with Crippen LogP contribution in [-0.2, 0) is 9.59 Å². The molecule has 6 nitrogen and oxygen atoms in total. The molecule has 1 aromatic heterocycles. The third-order valence-electron chi connectivity index (χ3n) is 2.32. The van der Waals surface area contributed by atoms with E-state index >= 15 is 0 Å². The molecule has 0 fully saturated rings. The summed E-state index contributed by atoms with van der Waals surface area (Å²) in [4.78, 5) is 22.9. The number of carbonyl (C=O) groups excluding carboxylic acids is 2. The molecule has 0 aliphatic carbocycles. The van der Waals surface area contributed by atoms with Gasteiger partial charge in [0.05, 0.1) is 0 Å². The summed E-state index contributed by atoms with van der Waals surface area (Å²) in [7, 11) is 0. The lowest BCUT2D eigenvalue weighted by Gasteiger charge is -2.04. The number of nitrogens with one attached hydrogen (secondary N) is 2. The molecule has 1 rings (SSSR count). The molecule has 0 unspecified atom stereocenters. The Kier molecular flexibility index (Phi) is 5.90. The van der Waals surface area contributed by atoms with Crippen molar-refractivity contribution in [2.45, 2.75) is 39.5 Å². The number of carbonyl (C=O) groups is 2. The van der Waals surface area contributed by atoms with Crippen molar-refractivity contribution in [2.24, 2.45) is 0 Å². The molecule has 0 aliphatic heterocycles. The lowest BCUT2D eigenvalue weighted by molar-refractivity contribution is -0.126. The number of anilines is 1. The molecule has 0 atom stereocenters. The smallest absolute Gasteiger partial charge is 0.235 e. The van der Waals surface area contributed by atoms with Crippen LogP contribution in [0.2, 0.25) is 0 Å². The minimum absolute atomic E-state index is 0.196. The Morgan fingerprint density at radius 1 is 1.33 bits per heavy atom. The largest absolute Gasteiger partial charge is 0.360 e. The molecule has 100 valence electrons. The number of aryl methyl sites for hydroxylation is 1. The van der Waals surface area contributed by atoms with Gasteiger partial charge in [0.25, 0.3) is 0 Å². The van der Waals surface area contributed by atoms with Crippen molar-refractivity contribution in [2.75, 3.05) is 11.9 Å². The summed E-state index contributed by atoms with van der Waals surface area (Å²) in [5.74, 6) is 0.269. The van der Waals surface area contributed by atoms with E-state index in [-0.39, 0.29) is 12.3 Å². The van der Waals surface area contributed by atoms with Crippen LogP contribution in [0.4, 0.5) is 5.82 Å². The van der Waals surface area contributed by atoms with Gasteiger partial charge in [-0.3, -0.25) is 9.59 Å². The molecule has 0 radical (unpaired) electrons. The number of unbranched alkanes of at least 4 members (excludes halogenated alkanes) is 2. The minimum atomic E-state index is -0.392. The molecule has 0 saturated carbocycles. The zero-order valence-electron chi connectivity index (χ0n) is 10.8. The van der Waals surface area contributed by atoms with Crippen LogP contribution >= 0.6 is 0 Å². The van der Waals surface area contributed by atoms with Gasteiger partial charge in [0.1, 0.15) is 12.2 Å². The van der Waals surface area contributed by atoms with Gasteiger partial charge in [-0.25, -0.2) is 0 Å². The first-order valence-electron chi connectivity index (χ1n) is 6.11. The minimum Gasteiger partial charge on any atom is -0.360 e. The van der Waals surface area contributed by atoms with Crippen molar-refractivity contribution in [3.63, 3.8) is 0 Å². The zero-order chi connectivity index (χ0) is 13.4. The quantitative estimate of drug-likeness (QED) is 0.571. The average Bonchev–Trinajstić information content (AvgIpc) is 2.70. The van der Waals surface area contributed by atoms with Crippen molar-refractivity contribution in [3.8, 4) is 0 Å². The standard InChI is InChI=1S/C12H19N3O3/c1-3-4-5-6-13-11(16)8-12(17)14-10-7-9(2)18-15-10/h7H,3-6,8H2,1-2H3,(H,13,16)(H,14,15,17). The maximum Gasteiger partial charge on any atom is 0.235 e. The highest BCUT2D eigenvalue weighted by Crippen LogP contribution is 2.07. The van der Waals surface area contributed by atoms with Crippen LogP contribution in [0.3, 0.4) is 0 Å². The lowest BCUT2D eigenvalue weighted by Crippen LogP contribution is -2.28. The highest BCUT2D eigenvalue weighted by atomic mass is 16.5. The van der Waals surface area contributed by atoms with E-state index in [1.54, 1.807) is 13.0 Å². The van der Waals surface area contributed by atoms with E-state index in [0.29, 0.717) is 18.1 Å². The van der Waals surface area contributed by atoms with Crippen LogP contribution in [0.25, 0.3) is 0 Å². The molecule has 0 spiro atoms. The first-order chi connectivity index (χ1) is 8.61. The Bertz CT molecular complexity index is 401. The number of rotatable bonds is 7. The fourth-order valence-electron chi connectivity index (χ4n) is 1.42. The van der Waals surface area contributed by atoms with E-state index in [1.165, 1.54) is 0 Å². The van der Waals surface area contributed by atoms with Crippen LogP contribution in [0.5, 0.6) is 0 Å². The summed E-state index contributed by atoms with van der Waals surface area (Å²) in [5, 5.41) is 8.80. The predicted molar refractivity (Wildman–Crippen MR) is 67.0 cm³/mol. The number of aromatic nitrogens is 1. The van der Waals surface area contributed by atoms with Crippen LogP contribution in [0.15, 0.2) is 10.6 Å². The molecule has 1 heterocycles. The number of hydrogen-bond donors (Lipinski definition) is 2. The first-order valence-corrected chi connectivity index (χ1v) is 6.11. The Balaban J connectivity index is 2.21. The van der Waals surface area contributed by atoms with Gasteiger partial charge in [0.2, 0.25) is 11.8 Å². The van der Waals surface area contributed by atoms with Crippen LogP contribution in [0, 0.1) is 6.92 Å². The Labute approximate surface area is 106 Å². The van der Waals surface area contributed by atoms with E-state index in [4.69, 9.17) is 4.52 Å². The maximum absolute atomic E-state index is 11.5. The van der Waals surface area contributed by atoms with Crippen molar-refractivity contribution < 1.29 is 14.1 Å². The van der Waals surface area contributed by atoms with E-state index in [1.807, 2.05) is 0 Å². The molecule has 2 amide bonds. The maximum atomic E-state index is 11.5. The Hall–Kier alpha value is -1.85. The van der Waals surface area contributed by atoms with Crippen molar-refractivity contribution >= 4 is 17.6 Å². The van der Waals surface area contributed by atoms with Crippen molar-refractivity contribution in [1.29, 1.82) is 0 Å². The van der Waals surface area contributed by atoms with E-state index < -0.39 is 5.91 Å². The van der Waals surface area contributed by atoms with Gasteiger partial charge in [0.15, 0.2) is 5.82 Å². The third-order valence-corrected chi connectivity index (χ3v) is 2.32. The van der Waals surface area contributed by atoms with Gasteiger partial charge in [-0.05, 0) is 13.3 Å². The molecule has 18 heavy (non-hydrogen) atoms. The molecule has 0 saturated heterocycles. The Morgan fingerprint density at radius 3 is 2.72 bits per heavy atom. The van der Waals surface area contributed by atoms with E-state index in [9.17, 15) is 9.59 Å². The molecular formula is C12H19N3O3. The lowest BCUT2D eigenvalue weighted by atomic mass is 10.2. The molecule has 0 aliphatic rings. The van der Waals surface area contributed by atoms with E-state index in [2.05, 4.69) is 22.7 Å². The van der Waals surface area contributed by atoms with Crippen molar-refractivity contribution in [3.05, 3.63) is 11.8 Å². The highest BCUT2D eigenvalue weighted by Gasteiger charge is 2.10. The summed E-state index contributed by atoms with van der Waals surface area (Å²) in [6.45, 7) is 4.43. The number of nitrogens with zero attached hydrogens (tertiary/aromatic N) is 1. The monoisotopic (exact) mass is 253 g/mol. The normalized spacial score (nSPS) is 10.1. The van der Waals surface area contributed by atoms with Gasteiger partial charge in [-0.2, -0.15) is 0 Å². The summed E-state index contributed by atoms with van der Waals surface area (Å²) >= 11 is 0. The summed E-state index contributed by atoms with van der Waals surface area (Å²) in [5.41, 5.74) is 0. The zero-order valence-corrected chi connectivity index (χ0v) is 10.8. The SMILES string of the molecule is CCCCCNC(=O)CC(=O)Nc1cc(C)on1. The van der Waals surface area contributed by atoms with Crippen LogP contribution in [0.1, 0.15) is 38.4 Å². The second-order valence-corrected chi connectivity index (χ2v) is 4.10. The molecule has 0 aromatic carbocycles. The van der Waals surface area contributed by atoms with Gasteiger partial charge < -0.3 is 15.2 Å². The molecular weight excluding hydrogens is 234 g/mol. The first kappa shape index (κ1) is 14.2. The third kappa shape index (κ3) is 5.47. The van der Waals surface area contributed by atoms with E-state index in [0.717, 1.165) is 19.3 Å². The average molecular weight is 253 g/mol. The second kappa shape index (κ2) is 7.47. The molecule has 1 aromatic rings. The van der Waals surface area contributed by atoms with Gasteiger partial charge in [0, 0.05) is 12.6 Å². The number of hydrogen-bond acceptors (Lipinski definition) is 4. The van der Waals surface area contributed by atoms with Gasteiger partial charge >= 0.3 is 0 Å². The second-order valence-electron chi connectivity index (χ2n) is 4.10. The van der Waals surface area contributed by atoms with Crippen LogP contribution in [-0.4, -0.2) is 23.5 Å². The van der Waals surface area contributed by atoms with Gasteiger partial charge in [-0.15, -0.1) is 0 Å². The van der Waals surface area contributed by atoms with Crippen LogP contribution < -0.4 is 10.6 Å². The molecule has 0 bridgehead atoms. The fraction of sp³-hybridized carbons (Fsp3) is 0.583. The predicted octanol–water partition coefficient (Wildman–Crippen LogP) is 1.62. The molecule has 2 N–H and O–H groups in total. The highest BCUT2D eigenvalue weighted by molar-refractivity contribution is 6.03. The summed E-state index contributed by atoms with van der Waals surface area (Å²) < 4.78 is 4.80. The summed E-state index contributed by atoms with van der Waals surface area (Å²) in [6.07, 6.45) is 2.91. The molecule has 6 heteroatoms.